The third-order valence-corrected chi connectivity index (χ3v) is 2.99. The fourth-order valence-electron chi connectivity index (χ4n) is 1.89. The Bertz CT molecular complexity index is 585. The van der Waals surface area contributed by atoms with Gasteiger partial charge in [-0.15, -0.1) is 11.5 Å². The summed E-state index contributed by atoms with van der Waals surface area (Å²) in [5.74, 6) is 0. The topological polar surface area (TPSA) is 24.1 Å². The molecule has 0 radical (unpaired) electrons. The molecule has 0 atom stereocenters. The molecule has 2 heteroatoms. The largest absolute Gasteiger partial charge is 0.391 e. The van der Waals surface area contributed by atoms with Gasteiger partial charge in [-0.3, -0.25) is 0 Å². The van der Waals surface area contributed by atoms with Crippen molar-refractivity contribution in [3.63, 3.8) is 0 Å². The Morgan fingerprint density at radius 3 is 2.95 bits per heavy atom. The summed E-state index contributed by atoms with van der Waals surface area (Å²) in [6.07, 6.45) is 15.6. The second-order valence-corrected chi connectivity index (χ2v) is 4.32. The summed E-state index contributed by atoms with van der Waals surface area (Å²) in [7, 11) is 1.94. The zero-order chi connectivity index (χ0) is 13.5. The number of hydrogen-bond donors (Lipinski definition) is 2. The van der Waals surface area contributed by atoms with Crippen molar-refractivity contribution in [1.29, 1.82) is 0 Å². The Morgan fingerprint density at radius 2 is 2.11 bits per heavy atom. The minimum Gasteiger partial charge on any atom is -0.391 e. The Morgan fingerprint density at radius 1 is 1.21 bits per heavy atom. The van der Waals surface area contributed by atoms with Crippen LogP contribution in [0.25, 0.3) is 0 Å². The number of hydrogen-bond acceptors (Lipinski definition) is 2. The Kier molecular flexibility index (Phi) is 4.47. The minimum atomic E-state index is 0.890. The predicted molar refractivity (Wildman–Crippen MR) is 80.1 cm³/mol. The van der Waals surface area contributed by atoms with Gasteiger partial charge in [0.1, 0.15) is 0 Å². The van der Waals surface area contributed by atoms with Crippen molar-refractivity contribution in [3.05, 3.63) is 83.2 Å². The summed E-state index contributed by atoms with van der Waals surface area (Å²) < 4.78 is 0. The van der Waals surface area contributed by atoms with Crippen LogP contribution >= 0.6 is 0 Å². The lowest BCUT2D eigenvalue weighted by atomic mass is 10.1. The first-order chi connectivity index (χ1) is 9.29. The van der Waals surface area contributed by atoms with Gasteiger partial charge in [-0.25, -0.2) is 0 Å². The molecule has 2 N–H and O–H groups in total. The second-order valence-electron chi connectivity index (χ2n) is 4.32. The van der Waals surface area contributed by atoms with E-state index in [-0.39, 0.29) is 0 Å². The highest BCUT2D eigenvalue weighted by atomic mass is 14.9. The highest BCUT2D eigenvalue weighted by Crippen LogP contribution is 2.18. The average Bonchev–Trinajstić information content (AvgIpc) is 2.80. The van der Waals surface area contributed by atoms with Crippen molar-refractivity contribution in [2.45, 2.75) is 12.8 Å². The molecule has 0 aliphatic heterocycles. The summed E-state index contributed by atoms with van der Waals surface area (Å²) in [5.41, 5.74) is 10.5. The van der Waals surface area contributed by atoms with E-state index in [9.17, 15) is 0 Å². The van der Waals surface area contributed by atoms with E-state index in [1.165, 1.54) is 5.70 Å². The quantitative estimate of drug-likeness (QED) is 0.749. The number of allylic oxidation sites excluding steroid dienone is 7. The van der Waals surface area contributed by atoms with Crippen molar-refractivity contribution >= 4 is 0 Å². The highest BCUT2D eigenvalue weighted by Gasteiger charge is 2.06. The molecule has 0 amide bonds. The van der Waals surface area contributed by atoms with Crippen molar-refractivity contribution in [2.75, 3.05) is 7.05 Å². The first-order valence-corrected chi connectivity index (χ1v) is 6.38. The molecule has 0 aromatic carbocycles. The molecular formula is C17H18N2. The number of rotatable bonds is 4. The summed E-state index contributed by atoms with van der Waals surface area (Å²) >= 11 is 0. The van der Waals surface area contributed by atoms with Crippen LogP contribution in [-0.4, -0.2) is 7.05 Å². The molecular weight excluding hydrogens is 232 g/mol. The molecule has 2 rings (SSSR count). The Balaban J connectivity index is 2.07. The minimum absolute atomic E-state index is 0.890. The Labute approximate surface area is 114 Å². The van der Waals surface area contributed by atoms with Crippen LogP contribution in [0.1, 0.15) is 12.8 Å². The molecule has 0 spiro atoms. The van der Waals surface area contributed by atoms with Crippen LogP contribution < -0.4 is 10.6 Å². The lowest BCUT2D eigenvalue weighted by Gasteiger charge is -2.12. The molecule has 0 aromatic heterocycles. The molecule has 2 aliphatic rings. The van der Waals surface area contributed by atoms with Crippen molar-refractivity contribution in [3.8, 4) is 0 Å². The molecule has 0 fully saturated rings. The maximum Gasteiger partial charge on any atom is 0.0462 e. The van der Waals surface area contributed by atoms with Gasteiger partial charge in [-0.05, 0) is 37.1 Å². The third kappa shape index (κ3) is 3.79. The molecule has 0 saturated heterocycles. The van der Waals surface area contributed by atoms with Gasteiger partial charge in [-0.1, -0.05) is 18.7 Å². The van der Waals surface area contributed by atoms with Gasteiger partial charge in [0, 0.05) is 35.8 Å². The van der Waals surface area contributed by atoms with Crippen LogP contribution in [0.3, 0.4) is 0 Å². The van der Waals surface area contributed by atoms with Gasteiger partial charge in [-0.2, -0.15) is 0 Å². The summed E-state index contributed by atoms with van der Waals surface area (Å²) in [4.78, 5) is 0. The van der Waals surface area contributed by atoms with Crippen LogP contribution in [0, 0.1) is 0 Å². The lowest BCUT2D eigenvalue weighted by molar-refractivity contribution is 0.826. The van der Waals surface area contributed by atoms with Gasteiger partial charge >= 0.3 is 0 Å². The fraction of sp³-hybridized carbons (Fsp3) is 0.176. The normalized spacial score (nSPS) is 17.0. The van der Waals surface area contributed by atoms with Gasteiger partial charge < -0.3 is 10.6 Å². The van der Waals surface area contributed by atoms with Gasteiger partial charge in [0.15, 0.2) is 0 Å². The molecule has 0 unspecified atom stereocenters. The molecule has 19 heavy (non-hydrogen) atoms. The molecule has 2 nitrogen and oxygen atoms in total. The smallest absolute Gasteiger partial charge is 0.0462 e. The van der Waals surface area contributed by atoms with E-state index < -0.39 is 0 Å². The summed E-state index contributed by atoms with van der Waals surface area (Å²) in [5, 5.41) is 6.48. The van der Waals surface area contributed by atoms with Crippen molar-refractivity contribution in [2.24, 2.45) is 0 Å². The highest BCUT2D eigenvalue weighted by molar-refractivity contribution is 5.37. The second kappa shape index (κ2) is 6.51. The predicted octanol–water partition coefficient (Wildman–Crippen LogP) is 3.23. The van der Waals surface area contributed by atoms with Crippen LogP contribution in [-0.2, 0) is 0 Å². The lowest BCUT2D eigenvalue weighted by Crippen LogP contribution is -2.12. The fourth-order valence-corrected chi connectivity index (χ4v) is 1.89. The van der Waals surface area contributed by atoms with E-state index in [1.54, 1.807) is 0 Å². The molecule has 0 aromatic rings. The van der Waals surface area contributed by atoms with Gasteiger partial charge in [0.2, 0.25) is 0 Å². The molecule has 96 valence electrons. The molecule has 2 aliphatic carbocycles. The summed E-state index contributed by atoms with van der Waals surface area (Å²) in [6, 6.07) is 0. The van der Waals surface area contributed by atoms with E-state index in [2.05, 4.69) is 34.8 Å². The van der Waals surface area contributed by atoms with Crippen molar-refractivity contribution < 1.29 is 0 Å². The zero-order valence-electron chi connectivity index (χ0n) is 11.2. The van der Waals surface area contributed by atoms with Crippen LogP contribution in [0.15, 0.2) is 83.2 Å². The SMILES string of the molecule is C=C(NC1=CC=CC=C=C1)C1=C=CC=C(NC)CC1. The van der Waals surface area contributed by atoms with Gasteiger partial charge in [0.25, 0.3) is 0 Å². The van der Waals surface area contributed by atoms with Gasteiger partial charge in [0.05, 0.1) is 0 Å². The number of nitrogens with one attached hydrogen (secondary N) is 2. The molecule has 0 bridgehead atoms. The van der Waals surface area contributed by atoms with E-state index in [4.69, 9.17) is 0 Å². The standard InChI is InChI=1S/C17H18N2/c1-14(19-17-9-5-3-4-6-10-17)15-8-7-11-16(18-2)13-12-15/h3-5,7,9-11,18-19H,1,12-13H2,2H3. The maximum absolute atomic E-state index is 4.10. The monoisotopic (exact) mass is 250 g/mol. The van der Waals surface area contributed by atoms with E-state index in [1.807, 2.05) is 43.5 Å². The van der Waals surface area contributed by atoms with E-state index in [0.717, 1.165) is 29.8 Å². The Hall–Kier alpha value is -2.40. The molecule has 0 heterocycles. The van der Waals surface area contributed by atoms with Crippen LogP contribution in [0.5, 0.6) is 0 Å². The van der Waals surface area contributed by atoms with Crippen LogP contribution in [0.4, 0.5) is 0 Å². The van der Waals surface area contributed by atoms with Crippen LogP contribution in [0.2, 0.25) is 0 Å². The zero-order valence-corrected chi connectivity index (χ0v) is 11.2. The average molecular weight is 250 g/mol. The first-order valence-electron chi connectivity index (χ1n) is 6.38. The van der Waals surface area contributed by atoms with Crippen molar-refractivity contribution in [1.82, 2.24) is 10.6 Å². The third-order valence-electron chi connectivity index (χ3n) is 2.99. The maximum atomic E-state index is 4.10. The first kappa shape index (κ1) is 13.0. The van der Waals surface area contributed by atoms with E-state index in [0.29, 0.717) is 0 Å². The van der Waals surface area contributed by atoms with E-state index >= 15 is 0 Å². The molecule has 0 saturated carbocycles. The summed E-state index contributed by atoms with van der Waals surface area (Å²) in [6.45, 7) is 4.10.